The summed E-state index contributed by atoms with van der Waals surface area (Å²) in [6, 6.07) is 14.4. The molecule has 0 fully saturated rings. The molecule has 0 aromatic heterocycles. The van der Waals surface area contributed by atoms with Gasteiger partial charge in [0.2, 0.25) is 0 Å². The molecule has 2 aromatic carbocycles. The van der Waals surface area contributed by atoms with Crippen LogP contribution < -0.4 is 14.8 Å². The van der Waals surface area contributed by atoms with Gasteiger partial charge in [-0.3, -0.25) is 0 Å². The molecule has 0 spiro atoms. The van der Waals surface area contributed by atoms with E-state index in [1.54, 1.807) is 32.4 Å². The topological polar surface area (TPSA) is 54.3 Å². The number of methoxy groups -OCH3 is 2. The Hall–Kier alpha value is -2.38. The molecular weight excluding hydrogens is 288 g/mol. The van der Waals surface area contributed by atoms with Crippen molar-refractivity contribution in [3.63, 3.8) is 0 Å². The quantitative estimate of drug-likeness (QED) is 0.906. The van der Waals surface area contributed by atoms with Crippen molar-refractivity contribution < 1.29 is 9.47 Å². The summed E-state index contributed by atoms with van der Waals surface area (Å²) in [5.41, 5.74) is 1.51. The Labute approximate surface area is 128 Å². The summed E-state index contributed by atoms with van der Waals surface area (Å²) >= 11 is 6.11. The summed E-state index contributed by atoms with van der Waals surface area (Å²) < 4.78 is 10.4. The molecule has 0 aliphatic carbocycles. The van der Waals surface area contributed by atoms with Crippen LogP contribution in [0.15, 0.2) is 42.5 Å². The van der Waals surface area contributed by atoms with Gasteiger partial charge in [-0.05, 0) is 29.8 Å². The minimum Gasteiger partial charge on any atom is -0.495 e. The number of benzene rings is 2. The van der Waals surface area contributed by atoms with E-state index >= 15 is 0 Å². The molecule has 0 bridgehead atoms. The Morgan fingerprint density at radius 1 is 1.10 bits per heavy atom. The van der Waals surface area contributed by atoms with E-state index in [0.717, 1.165) is 11.3 Å². The van der Waals surface area contributed by atoms with Gasteiger partial charge < -0.3 is 14.8 Å². The number of anilines is 1. The fourth-order valence-corrected chi connectivity index (χ4v) is 2.24. The summed E-state index contributed by atoms with van der Waals surface area (Å²) in [6.07, 6.45) is 0. The summed E-state index contributed by atoms with van der Waals surface area (Å²) in [5.74, 6) is 1.26. The molecule has 0 saturated carbocycles. The van der Waals surface area contributed by atoms with E-state index in [2.05, 4.69) is 11.4 Å². The third kappa shape index (κ3) is 3.39. The minimum absolute atomic E-state index is 0.470. The number of nitrogens with one attached hydrogen (secondary N) is 1. The van der Waals surface area contributed by atoms with Gasteiger partial charge in [-0.2, -0.15) is 5.26 Å². The first-order chi connectivity index (χ1) is 10.2. The van der Waals surface area contributed by atoms with E-state index < -0.39 is 6.04 Å². The Balaban J connectivity index is 2.28. The number of nitrogens with zero attached hydrogens (tertiary/aromatic N) is 1. The van der Waals surface area contributed by atoms with Crippen molar-refractivity contribution in [1.29, 1.82) is 5.26 Å². The van der Waals surface area contributed by atoms with E-state index in [4.69, 9.17) is 21.1 Å². The fourth-order valence-electron chi connectivity index (χ4n) is 1.97. The molecule has 1 N–H and O–H groups in total. The summed E-state index contributed by atoms with van der Waals surface area (Å²) in [5, 5.41) is 13.0. The predicted octanol–water partition coefficient (Wildman–Crippen LogP) is 4.03. The maximum absolute atomic E-state index is 9.39. The molecule has 108 valence electrons. The maximum atomic E-state index is 9.39. The van der Waals surface area contributed by atoms with Crippen LogP contribution in [0.25, 0.3) is 0 Å². The maximum Gasteiger partial charge on any atom is 0.141 e. The van der Waals surface area contributed by atoms with Crippen LogP contribution in [0.4, 0.5) is 5.69 Å². The van der Waals surface area contributed by atoms with Gasteiger partial charge in [-0.15, -0.1) is 0 Å². The van der Waals surface area contributed by atoms with Crippen molar-refractivity contribution in [3.05, 3.63) is 53.1 Å². The highest BCUT2D eigenvalue weighted by molar-refractivity contribution is 6.32. The average molecular weight is 303 g/mol. The van der Waals surface area contributed by atoms with Crippen molar-refractivity contribution in [3.8, 4) is 17.6 Å². The van der Waals surface area contributed by atoms with Gasteiger partial charge in [0.25, 0.3) is 0 Å². The molecule has 21 heavy (non-hydrogen) atoms. The van der Waals surface area contributed by atoms with Crippen molar-refractivity contribution >= 4 is 17.3 Å². The zero-order valence-corrected chi connectivity index (χ0v) is 12.5. The van der Waals surface area contributed by atoms with E-state index in [-0.39, 0.29) is 0 Å². The molecule has 4 nitrogen and oxygen atoms in total. The van der Waals surface area contributed by atoms with Crippen LogP contribution in [0.3, 0.4) is 0 Å². The molecule has 0 heterocycles. The van der Waals surface area contributed by atoms with Gasteiger partial charge in [-0.25, -0.2) is 0 Å². The summed E-state index contributed by atoms with van der Waals surface area (Å²) in [6.45, 7) is 0. The van der Waals surface area contributed by atoms with Crippen molar-refractivity contribution in [2.75, 3.05) is 19.5 Å². The highest BCUT2D eigenvalue weighted by Gasteiger charge is 2.14. The highest BCUT2D eigenvalue weighted by Crippen LogP contribution is 2.31. The van der Waals surface area contributed by atoms with Gasteiger partial charge in [-0.1, -0.05) is 29.8 Å². The van der Waals surface area contributed by atoms with Gasteiger partial charge in [0.15, 0.2) is 0 Å². The molecule has 0 aliphatic rings. The molecule has 0 radical (unpaired) electrons. The molecule has 1 atom stereocenters. The first kappa shape index (κ1) is 15.0. The number of nitriles is 1. The van der Waals surface area contributed by atoms with Crippen molar-refractivity contribution in [1.82, 2.24) is 0 Å². The Morgan fingerprint density at radius 3 is 2.43 bits per heavy atom. The number of hydrogen-bond acceptors (Lipinski definition) is 4. The number of para-hydroxylation sites is 2. The number of halogens is 1. The van der Waals surface area contributed by atoms with E-state index in [9.17, 15) is 5.26 Å². The molecule has 0 saturated heterocycles. The lowest BCUT2D eigenvalue weighted by Crippen LogP contribution is -2.09. The highest BCUT2D eigenvalue weighted by atomic mass is 35.5. The first-order valence-corrected chi connectivity index (χ1v) is 6.70. The van der Waals surface area contributed by atoms with Crippen LogP contribution in [0, 0.1) is 11.3 Å². The van der Waals surface area contributed by atoms with E-state index in [1.807, 2.05) is 24.3 Å². The van der Waals surface area contributed by atoms with Gasteiger partial charge >= 0.3 is 0 Å². The lowest BCUT2D eigenvalue weighted by Gasteiger charge is -2.16. The fraction of sp³-hybridized carbons (Fsp3) is 0.188. The van der Waals surface area contributed by atoms with E-state index in [0.29, 0.717) is 16.5 Å². The second kappa shape index (κ2) is 6.87. The van der Waals surface area contributed by atoms with Gasteiger partial charge in [0.05, 0.1) is 31.0 Å². The minimum atomic E-state index is -0.537. The summed E-state index contributed by atoms with van der Waals surface area (Å²) in [7, 11) is 3.14. The van der Waals surface area contributed by atoms with Crippen LogP contribution in [-0.2, 0) is 0 Å². The second-order valence-electron chi connectivity index (χ2n) is 4.30. The number of rotatable bonds is 5. The normalized spacial score (nSPS) is 11.3. The molecule has 1 unspecified atom stereocenters. The van der Waals surface area contributed by atoms with Crippen LogP contribution in [0.1, 0.15) is 11.6 Å². The molecule has 0 aliphatic heterocycles. The second-order valence-corrected chi connectivity index (χ2v) is 4.71. The molecular formula is C16H15ClN2O2. The number of ether oxygens (including phenoxy) is 2. The first-order valence-electron chi connectivity index (χ1n) is 6.32. The monoisotopic (exact) mass is 302 g/mol. The Morgan fingerprint density at radius 2 is 1.81 bits per heavy atom. The largest absolute Gasteiger partial charge is 0.495 e. The lowest BCUT2D eigenvalue weighted by molar-refractivity contribution is 0.414. The molecule has 2 rings (SSSR count). The third-order valence-electron chi connectivity index (χ3n) is 3.05. The summed E-state index contributed by atoms with van der Waals surface area (Å²) in [4.78, 5) is 0. The van der Waals surface area contributed by atoms with Crippen LogP contribution in [0.2, 0.25) is 5.02 Å². The molecule has 0 amide bonds. The molecule has 2 aromatic rings. The van der Waals surface area contributed by atoms with Gasteiger partial charge in [0, 0.05) is 0 Å². The number of hydrogen-bond donors (Lipinski definition) is 1. The third-order valence-corrected chi connectivity index (χ3v) is 3.34. The average Bonchev–Trinajstić information content (AvgIpc) is 2.52. The van der Waals surface area contributed by atoms with Crippen LogP contribution >= 0.6 is 11.6 Å². The predicted molar refractivity (Wildman–Crippen MR) is 83.0 cm³/mol. The van der Waals surface area contributed by atoms with E-state index in [1.165, 1.54) is 0 Å². The smallest absolute Gasteiger partial charge is 0.141 e. The lowest BCUT2D eigenvalue weighted by atomic mass is 10.1. The Kier molecular flexibility index (Phi) is 4.91. The standard InChI is InChI=1S/C16H15ClN2O2/c1-20-15-8-7-11(9-12(15)17)14(10-18)19-13-5-3-4-6-16(13)21-2/h3-9,14,19H,1-2H3. The Bertz CT molecular complexity index is 668. The SMILES string of the molecule is COc1ccc(C(C#N)Nc2ccccc2OC)cc1Cl. The molecule has 5 heteroatoms. The van der Waals surface area contributed by atoms with Crippen molar-refractivity contribution in [2.45, 2.75) is 6.04 Å². The zero-order valence-electron chi connectivity index (χ0n) is 11.8. The van der Waals surface area contributed by atoms with Crippen LogP contribution in [0.5, 0.6) is 11.5 Å². The van der Waals surface area contributed by atoms with Crippen LogP contribution in [-0.4, -0.2) is 14.2 Å². The van der Waals surface area contributed by atoms with Gasteiger partial charge in [0.1, 0.15) is 17.5 Å². The zero-order chi connectivity index (χ0) is 15.2. The van der Waals surface area contributed by atoms with Crippen molar-refractivity contribution in [2.24, 2.45) is 0 Å².